The number of aromatic nitrogens is 2. The van der Waals surface area contributed by atoms with Gasteiger partial charge in [-0.15, -0.1) is 0 Å². The Balaban J connectivity index is 1.40. The van der Waals surface area contributed by atoms with E-state index in [0.29, 0.717) is 6.54 Å². The third-order valence-electron chi connectivity index (χ3n) is 5.80. The summed E-state index contributed by atoms with van der Waals surface area (Å²) >= 11 is 0. The molecular weight excluding hydrogens is 400 g/mol. The van der Waals surface area contributed by atoms with E-state index in [2.05, 4.69) is 72.5 Å². The van der Waals surface area contributed by atoms with Crippen LogP contribution in [0.15, 0.2) is 71.9 Å². The van der Waals surface area contributed by atoms with Crippen LogP contribution in [0.3, 0.4) is 0 Å². The summed E-state index contributed by atoms with van der Waals surface area (Å²) in [4.78, 5) is 17.1. The molecule has 1 unspecified atom stereocenters. The average Bonchev–Trinajstić information content (AvgIpc) is 3.32. The molecule has 3 aromatic rings. The van der Waals surface area contributed by atoms with Gasteiger partial charge in [0, 0.05) is 33.7 Å². The highest BCUT2D eigenvalue weighted by Gasteiger charge is 2.23. The first-order valence-corrected chi connectivity index (χ1v) is 11.1. The Morgan fingerprint density at radius 2 is 1.81 bits per heavy atom. The van der Waals surface area contributed by atoms with E-state index in [-0.39, 0.29) is 6.04 Å². The molecule has 7 nitrogen and oxygen atoms in total. The zero-order valence-corrected chi connectivity index (χ0v) is 18.9. The van der Waals surface area contributed by atoms with E-state index in [0.717, 1.165) is 55.9 Å². The Labute approximate surface area is 190 Å². The van der Waals surface area contributed by atoms with Gasteiger partial charge in [-0.25, -0.2) is 4.98 Å². The van der Waals surface area contributed by atoms with Crippen molar-refractivity contribution < 1.29 is 4.74 Å². The molecule has 0 spiro atoms. The predicted molar refractivity (Wildman–Crippen MR) is 128 cm³/mol. The Bertz CT molecular complexity index is 982. The number of H-pyrrole nitrogens is 1. The summed E-state index contributed by atoms with van der Waals surface area (Å²) in [6, 6.07) is 21.2. The number of imidazole rings is 1. The molecule has 4 rings (SSSR count). The number of benzene rings is 2. The Morgan fingerprint density at radius 1 is 1.12 bits per heavy atom. The van der Waals surface area contributed by atoms with E-state index in [1.165, 1.54) is 5.56 Å². The normalized spacial score (nSPS) is 16.0. The van der Waals surface area contributed by atoms with Crippen LogP contribution in [-0.2, 0) is 11.3 Å². The van der Waals surface area contributed by atoms with E-state index in [1.54, 1.807) is 0 Å². The lowest BCUT2D eigenvalue weighted by Gasteiger charge is -2.35. The molecule has 0 bridgehead atoms. The number of ether oxygens (including phenoxy) is 1. The summed E-state index contributed by atoms with van der Waals surface area (Å²) in [5, 5.41) is 3.58. The van der Waals surface area contributed by atoms with Crippen LogP contribution in [-0.4, -0.2) is 72.7 Å². The van der Waals surface area contributed by atoms with Gasteiger partial charge in [-0.3, -0.25) is 9.89 Å². The quantitative estimate of drug-likeness (QED) is 0.443. The van der Waals surface area contributed by atoms with E-state index < -0.39 is 0 Å². The fraction of sp³-hybridized carbons (Fsp3) is 0.360. The van der Waals surface area contributed by atoms with Crippen LogP contribution in [0, 0.1) is 0 Å². The van der Waals surface area contributed by atoms with Crippen LogP contribution in [0.25, 0.3) is 11.3 Å². The van der Waals surface area contributed by atoms with E-state index >= 15 is 0 Å². The van der Waals surface area contributed by atoms with Gasteiger partial charge in [-0.2, -0.15) is 0 Å². The molecule has 1 atom stereocenters. The van der Waals surface area contributed by atoms with Crippen LogP contribution in [0.4, 0.5) is 0 Å². The van der Waals surface area contributed by atoms with Gasteiger partial charge in [0.05, 0.1) is 37.7 Å². The number of nitrogens with one attached hydrogen (secondary N) is 2. The Kier molecular flexibility index (Phi) is 7.53. The summed E-state index contributed by atoms with van der Waals surface area (Å²) in [6.45, 7) is 4.84. The maximum atomic E-state index is 5.57. The molecule has 0 saturated carbocycles. The minimum absolute atomic E-state index is 0.263. The van der Waals surface area contributed by atoms with E-state index in [1.807, 2.05) is 38.5 Å². The maximum Gasteiger partial charge on any atom is 0.193 e. The second-order valence-electron chi connectivity index (χ2n) is 7.97. The zero-order chi connectivity index (χ0) is 22.2. The van der Waals surface area contributed by atoms with Crippen molar-refractivity contribution >= 4 is 5.96 Å². The largest absolute Gasteiger partial charge is 0.379 e. The van der Waals surface area contributed by atoms with Gasteiger partial charge in [-0.05, 0) is 11.1 Å². The molecule has 1 aromatic heterocycles. The number of hydrogen-bond acceptors (Lipinski definition) is 4. The number of rotatable bonds is 7. The van der Waals surface area contributed by atoms with E-state index in [9.17, 15) is 0 Å². The number of nitrogens with zero attached hydrogens (tertiary/aromatic N) is 4. The lowest BCUT2D eigenvalue weighted by atomic mass is 10.0. The molecule has 1 fully saturated rings. The second-order valence-corrected chi connectivity index (χ2v) is 7.97. The van der Waals surface area contributed by atoms with Crippen LogP contribution < -0.4 is 5.32 Å². The van der Waals surface area contributed by atoms with Crippen molar-refractivity contribution in [2.75, 3.05) is 46.9 Å². The van der Waals surface area contributed by atoms with Crippen LogP contribution in [0.1, 0.15) is 17.4 Å². The molecule has 7 heteroatoms. The smallest absolute Gasteiger partial charge is 0.193 e. The number of aromatic amines is 1. The summed E-state index contributed by atoms with van der Waals surface area (Å²) in [7, 11) is 3.86. The first kappa shape index (κ1) is 22.0. The molecule has 1 saturated heterocycles. The summed E-state index contributed by atoms with van der Waals surface area (Å²) in [6.07, 6.45) is 1.89. The van der Waals surface area contributed by atoms with Gasteiger partial charge < -0.3 is 19.9 Å². The maximum absolute atomic E-state index is 5.57. The molecule has 2 heterocycles. The topological polar surface area (TPSA) is 68.8 Å². The molecule has 2 N–H and O–H groups in total. The fourth-order valence-corrected chi connectivity index (χ4v) is 4.10. The minimum atomic E-state index is 0.263. The van der Waals surface area contributed by atoms with Crippen LogP contribution >= 0.6 is 0 Å². The summed E-state index contributed by atoms with van der Waals surface area (Å²) in [5.41, 5.74) is 3.46. The third kappa shape index (κ3) is 5.55. The predicted octanol–water partition coefficient (Wildman–Crippen LogP) is 3.16. The fourth-order valence-electron chi connectivity index (χ4n) is 4.10. The van der Waals surface area contributed by atoms with Gasteiger partial charge in [0.2, 0.25) is 0 Å². The molecule has 2 aromatic carbocycles. The molecule has 1 aliphatic rings. The van der Waals surface area contributed by atoms with E-state index in [4.69, 9.17) is 4.74 Å². The Morgan fingerprint density at radius 3 is 2.50 bits per heavy atom. The highest BCUT2D eigenvalue weighted by atomic mass is 16.5. The molecule has 0 aliphatic carbocycles. The number of morpholine rings is 1. The van der Waals surface area contributed by atoms with Gasteiger partial charge in [0.15, 0.2) is 5.96 Å². The minimum Gasteiger partial charge on any atom is -0.379 e. The summed E-state index contributed by atoms with van der Waals surface area (Å²) < 4.78 is 5.57. The molecular formula is C25H32N6O. The molecule has 168 valence electrons. The van der Waals surface area contributed by atoms with Crippen LogP contribution in [0.5, 0.6) is 0 Å². The van der Waals surface area contributed by atoms with Crippen molar-refractivity contribution in [3.63, 3.8) is 0 Å². The highest BCUT2D eigenvalue weighted by molar-refractivity contribution is 5.79. The van der Waals surface area contributed by atoms with Gasteiger partial charge >= 0.3 is 0 Å². The lowest BCUT2D eigenvalue weighted by Crippen LogP contribution is -2.46. The third-order valence-corrected chi connectivity index (χ3v) is 5.80. The van der Waals surface area contributed by atoms with Gasteiger partial charge in [0.1, 0.15) is 5.82 Å². The Hall–Kier alpha value is -3.16. The highest BCUT2D eigenvalue weighted by Crippen LogP contribution is 2.21. The number of hydrogen-bond donors (Lipinski definition) is 2. The molecule has 0 radical (unpaired) electrons. The van der Waals surface area contributed by atoms with Crippen molar-refractivity contribution in [1.82, 2.24) is 25.1 Å². The van der Waals surface area contributed by atoms with Crippen LogP contribution in [0.2, 0.25) is 0 Å². The van der Waals surface area contributed by atoms with Crippen molar-refractivity contribution in [2.24, 2.45) is 4.99 Å². The lowest BCUT2D eigenvalue weighted by molar-refractivity contribution is 0.0169. The first-order valence-electron chi connectivity index (χ1n) is 11.1. The SMILES string of the molecule is CN=C(NCC(c1ccccc1)N1CCOCC1)N(C)Cc1ncc(-c2ccccc2)[nH]1. The van der Waals surface area contributed by atoms with Gasteiger partial charge in [0.25, 0.3) is 0 Å². The average molecular weight is 433 g/mol. The molecule has 1 aliphatic heterocycles. The number of aliphatic imine (C=N–C) groups is 1. The molecule has 32 heavy (non-hydrogen) atoms. The second kappa shape index (κ2) is 10.9. The zero-order valence-electron chi connectivity index (χ0n) is 18.9. The monoisotopic (exact) mass is 432 g/mol. The molecule has 0 amide bonds. The van der Waals surface area contributed by atoms with Crippen molar-refractivity contribution in [3.05, 3.63) is 78.2 Å². The first-order chi connectivity index (χ1) is 15.7. The summed E-state index contributed by atoms with van der Waals surface area (Å²) in [5.74, 6) is 1.75. The van der Waals surface area contributed by atoms with Crippen molar-refractivity contribution in [1.29, 1.82) is 0 Å². The van der Waals surface area contributed by atoms with Crippen molar-refractivity contribution in [3.8, 4) is 11.3 Å². The number of guanidine groups is 1. The van der Waals surface area contributed by atoms with Gasteiger partial charge in [-0.1, -0.05) is 60.7 Å². The van der Waals surface area contributed by atoms with Crippen molar-refractivity contribution in [2.45, 2.75) is 12.6 Å². The standard InChI is InChI=1S/C25H32N6O/c1-26-25(30(2)19-24-27-17-22(29-24)20-9-5-3-6-10-20)28-18-23(21-11-7-4-8-12-21)31-13-15-32-16-14-31/h3-12,17,23H,13-16,18-19H2,1-2H3,(H,26,28)(H,27,29).